The number of benzene rings is 2. The summed E-state index contributed by atoms with van der Waals surface area (Å²) in [7, 11) is 0. The van der Waals surface area contributed by atoms with Crippen LogP contribution in [0, 0.1) is 6.92 Å². The van der Waals surface area contributed by atoms with Gasteiger partial charge in [-0.15, -0.1) is 0 Å². The molecule has 1 aliphatic heterocycles. The van der Waals surface area contributed by atoms with Crippen molar-refractivity contribution >= 4 is 23.1 Å². The fourth-order valence-corrected chi connectivity index (χ4v) is 3.62. The number of aryl methyl sites for hydroxylation is 1. The van der Waals surface area contributed by atoms with Crippen molar-refractivity contribution in [3.8, 4) is 17.2 Å². The molecule has 0 bridgehead atoms. The highest BCUT2D eigenvalue weighted by atomic mass is 16.6. The molecule has 0 unspecified atom stereocenters. The number of carbonyl (C=O) groups is 1. The van der Waals surface area contributed by atoms with Crippen LogP contribution in [0.4, 0.5) is 16.2 Å². The van der Waals surface area contributed by atoms with Gasteiger partial charge in [-0.2, -0.15) is 0 Å². The second-order valence-electron chi connectivity index (χ2n) is 7.72. The van der Waals surface area contributed by atoms with E-state index in [1.807, 2.05) is 19.1 Å². The molecule has 2 amide bonds. The third kappa shape index (κ3) is 4.63. The Morgan fingerprint density at radius 1 is 1.00 bits per heavy atom. The molecule has 0 saturated carbocycles. The van der Waals surface area contributed by atoms with Crippen molar-refractivity contribution in [2.24, 2.45) is 0 Å². The lowest BCUT2D eigenvalue weighted by Crippen LogP contribution is -2.20. The number of aromatic nitrogens is 2. The molecule has 172 valence electrons. The van der Waals surface area contributed by atoms with Gasteiger partial charge in [-0.05, 0) is 42.8 Å². The molecule has 0 fully saturated rings. The number of hydrogen-bond donors (Lipinski definition) is 2. The molecule has 34 heavy (non-hydrogen) atoms. The standard InChI is InChI=1S/C25H22N4O5/c1-16-4-3-9-29-23(30)14-19(26-24(16)29)15-34-20-6-2-5-17(12-20)27-25(31)28-18-7-8-21-22(13-18)33-11-10-32-21/h2-9,12-14H,10-11,15H2,1H3,(H2,27,28,31). The summed E-state index contributed by atoms with van der Waals surface area (Å²) in [6.45, 7) is 3.00. The van der Waals surface area contributed by atoms with Crippen molar-refractivity contribution in [1.29, 1.82) is 0 Å². The Kier molecular flexibility index (Phi) is 5.73. The minimum Gasteiger partial charge on any atom is -0.487 e. The minimum atomic E-state index is -0.409. The molecule has 9 nitrogen and oxygen atoms in total. The average Bonchev–Trinajstić information content (AvgIpc) is 2.83. The van der Waals surface area contributed by atoms with Crippen LogP contribution in [0.25, 0.3) is 5.65 Å². The number of fused-ring (bicyclic) bond motifs is 2. The predicted octanol–water partition coefficient (Wildman–Crippen LogP) is 4.00. The zero-order chi connectivity index (χ0) is 23.5. The molecular formula is C25H22N4O5. The third-order valence-corrected chi connectivity index (χ3v) is 5.22. The van der Waals surface area contributed by atoms with E-state index in [1.165, 1.54) is 10.5 Å². The first-order chi connectivity index (χ1) is 16.5. The molecule has 0 radical (unpaired) electrons. The summed E-state index contributed by atoms with van der Waals surface area (Å²) in [6.07, 6.45) is 1.69. The number of ether oxygens (including phenoxy) is 3. The lowest BCUT2D eigenvalue weighted by Gasteiger charge is -2.19. The number of urea groups is 1. The molecule has 5 rings (SSSR count). The summed E-state index contributed by atoms with van der Waals surface area (Å²) in [5, 5.41) is 5.55. The summed E-state index contributed by atoms with van der Waals surface area (Å²) in [6, 6.07) is 17.0. The van der Waals surface area contributed by atoms with E-state index in [0.29, 0.717) is 53.2 Å². The number of nitrogens with zero attached hydrogens (tertiary/aromatic N) is 2. The lowest BCUT2D eigenvalue weighted by molar-refractivity contribution is 0.171. The van der Waals surface area contributed by atoms with Crippen LogP contribution in [0.3, 0.4) is 0 Å². The fraction of sp³-hybridized carbons (Fsp3) is 0.160. The van der Waals surface area contributed by atoms with Crippen LogP contribution in [0.2, 0.25) is 0 Å². The number of nitrogens with one attached hydrogen (secondary N) is 2. The van der Waals surface area contributed by atoms with Gasteiger partial charge in [0.2, 0.25) is 0 Å². The zero-order valence-corrected chi connectivity index (χ0v) is 18.4. The van der Waals surface area contributed by atoms with E-state index in [0.717, 1.165) is 5.56 Å². The Morgan fingerprint density at radius 3 is 2.65 bits per heavy atom. The van der Waals surface area contributed by atoms with Crippen LogP contribution in [0.15, 0.2) is 71.7 Å². The first-order valence-corrected chi connectivity index (χ1v) is 10.7. The highest BCUT2D eigenvalue weighted by Crippen LogP contribution is 2.32. The topological polar surface area (TPSA) is 103 Å². The first-order valence-electron chi connectivity index (χ1n) is 10.7. The summed E-state index contributed by atoms with van der Waals surface area (Å²) in [5.41, 5.74) is 2.98. The van der Waals surface area contributed by atoms with Gasteiger partial charge in [0.25, 0.3) is 5.56 Å². The molecule has 0 atom stereocenters. The molecule has 0 spiro atoms. The summed E-state index contributed by atoms with van der Waals surface area (Å²) in [5.74, 6) is 1.78. The Hall–Kier alpha value is -4.53. The molecular weight excluding hydrogens is 436 g/mol. The van der Waals surface area contributed by atoms with Gasteiger partial charge in [0.05, 0.1) is 5.69 Å². The summed E-state index contributed by atoms with van der Waals surface area (Å²) in [4.78, 5) is 29.4. The van der Waals surface area contributed by atoms with Crippen molar-refractivity contribution in [1.82, 2.24) is 9.38 Å². The number of hydrogen-bond acceptors (Lipinski definition) is 6. The second kappa shape index (κ2) is 9.14. The van der Waals surface area contributed by atoms with Gasteiger partial charge >= 0.3 is 6.03 Å². The Bertz CT molecular complexity index is 1430. The average molecular weight is 458 g/mol. The van der Waals surface area contributed by atoms with Crippen LogP contribution in [-0.4, -0.2) is 28.6 Å². The van der Waals surface area contributed by atoms with E-state index in [4.69, 9.17) is 14.2 Å². The molecule has 4 aromatic rings. The van der Waals surface area contributed by atoms with Gasteiger partial charge < -0.3 is 24.8 Å². The van der Waals surface area contributed by atoms with Crippen LogP contribution in [-0.2, 0) is 6.61 Å². The van der Waals surface area contributed by atoms with E-state index in [2.05, 4.69) is 15.6 Å². The van der Waals surface area contributed by atoms with Gasteiger partial charge in [-0.1, -0.05) is 12.1 Å². The number of amides is 2. The van der Waals surface area contributed by atoms with Crippen LogP contribution in [0.1, 0.15) is 11.3 Å². The Labute approximate surface area is 194 Å². The smallest absolute Gasteiger partial charge is 0.323 e. The maximum Gasteiger partial charge on any atom is 0.323 e. The predicted molar refractivity (Wildman–Crippen MR) is 127 cm³/mol. The highest BCUT2D eigenvalue weighted by molar-refractivity contribution is 6.00. The van der Waals surface area contributed by atoms with Crippen LogP contribution < -0.4 is 30.4 Å². The second-order valence-corrected chi connectivity index (χ2v) is 7.72. The van der Waals surface area contributed by atoms with E-state index in [1.54, 1.807) is 48.7 Å². The molecule has 1 aliphatic rings. The van der Waals surface area contributed by atoms with Gasteiger partial charge in [0.15, 0.2) is 11.5 Å². The Morgan fingerprint density at radius 2 is 1.79 bits per heavy atom. The van der Waals surface area contributed by atoms with Gasteiger partial charge in [0, 0.05) is 35.8 Å². The van der Waals surface area contributed by atoms with Crippen molar-refractivity contribution in [2.45, 2.75) is 13.5 Å². The van der Waals surface area contributed by atoms with E-state index in [9.17, 15) is 9.59 Å². The number of carbonyl (C=O) groups excluding carboxylic acids is 1. The molecule has 2 aromatic heterocycles. The van der Waals surface area contributed by atoms with E-state index >= 15 is 0 Å². The molecule has 0 saturated heterocycles. The maximum atomic E-state index is 12.5. The first kappa shape index (κ1) is 21.3. The normalized spacial score (nSPS) is 12.3. The largest absolute Gasteiger partial charge is 0.487 e. The fourth-order valence-electron chi connectivity index (χ4n) is 3.62. The van der Waals surface area contributed by atoms with Crippen LogP contribution >= 0.6 is 0 Å². The summed E-state index contributed by atoms with van der Waals surface area (Å²) >= 11 is 0. The molecule has 2 aromatic carbocycles. The molecule has 2 N–H and O–H groups in total. The maximum absolute atomic E-state index is 12.5. The lowest BCUT2D eigenvalue weighted by atomic mass is 10.2. The van der Waals surface area contributed by atoms with Gasteiger partial charge in [-0.3, -0.25) is 9.20 Å². The molecule has 9 heteroatoms. The number of anilines is 2. The monoisotopic (exact) mass is 458 g/mol. The van der Waals surface area contributed by atoms with E-state index in [-0.39, 0.29) is 12.2 Å². The molecule has 0 aliphatic carbocycles. The van der Waals surface area contributed by atoms with Crippen molar-refractivity contribution in [3.05, 3.63) is 88.5 Å². The Balaban J connectivity index is 1.23. The van der Waals surface area contributed by atoms with E-state index < -0.39 is 6.03 Å². The summed E-state index contributed by atoms with van der Waals surface area (Å²) < 4.78 is 18.4. The minimum absolute atomic E-state index is 0.118. The van der Waals surface area contributed by atoms with Gasteiger partial charge in [0.1, 0.15) is 31.2 Å². The SMILES string of the molecule is Cc1cccn2c(=O)cc(COc3cccc(NC(=O)Nc4ccc5c(c4)OCCO5)c3)nc12. The van der Waals surface area contributed by atoms with Crippen molar-refractivity contribution in [2.75, 3.05) is 23.8 Å². The number of pyridine rings is 1. The van der Waals surface area contributed by atoms with Crippen molar-refractivity contribution < 1.29 is 19.0 Å². The zero-order valence-electron chi connectivity index (χ0n) is 18.4. The molecule has 3 heterocycles. The van der Waals surface area contributed by atoms with Gasteiger partial charge in [-0.25, -0.2) is 9.78 Å². The quantitative estimate of drug-likeness (QED) is 0.469. The van der Waals surface area contributed by atoms with Crippen LogP contribution in [0.5, 0.6) is 17.2 Å². The highest BCUT2D eigenvalue weighted by Gasteiger charge is 2.13. The number of rotatable bonds is 5. The third-order valence-electron chi connectivity index (χ3n) is 5.22. The van der Waals surface area contributed by atoms with Crippen molar-refractivity contribution in [3.63, 3.8) is 0 Å².